The number of nitrogens with zero attached hydrogens (tertiary/aromatic N) is 1. The number of thiophene rings is 1. The molecule has 3 unspecified atom stereocenters. The van der Waals surface area contributed by atoms with E-state index in [4.69, 9.17) is 16.3 Å². The number of likely N-dealkylation sites (tertiary alicyclic amines) is 1. The minimum absolute atomic E-state index is 0.157. The van der Waals surface area contributed by atoms with Crippen LogP contribution in [0.4, 0.5) is 4.79 Å². The smallest absolute Gasteiger partial charge is 0.409 e. The maximum absolute atomic E-state index is 13.0. The number of sulfonamides is 1. The molecule has 1 aromatic rings. The summed E-state index contributed by atoms with van der Waals surface area (Å²) in [6, 6.07) is 2.89. The van der Waals surface area contributed by atoms with E-state index >= 15 is 0 Å². The highest BCUT2D eigenvalue weighted by Crippen LogP contribution is 2.50. The summed E-state index contributed by atoms with van der Waals surface area (Å²) >= 11 is 7.01. The summed E-state index contributed by atoms with van der Waals surface area (Å²) in [5, 5.41) is 9.29. The van der Waals surface area contributed by atoms with Crippen molar-refractivity contribution >= 4 is 39.1 Å². The second-order valence-electron chi connectivity index (χ2n) is 9.23. The normalized spacial score (nSPS) is 29.7. The number of ether oxygens (including phenoxy) is 1. The first-order valence-corrected chi connectivity index (χ1v) is 13.8. The highest BCUT2D eigenvalue weighted by atomic mass is 35.5. The van der Waals surface area contributed by atoms with Gasteiger partial charge in [0.15, 0.2) is 0 Å². The van der Waals surface area contributed by atoms with Crippen LogP contribution < -0.4 is 4.72 Å². The Morgan fingerprint density at radius 1 is 1.23 bits per heavy atom. The summed E-state index contributed by atoms with van der Waals surface area (Å²) in [5.41, 5.74) is -0.367. The van der Waals surface area contributed by atoms with E-state index in [0.29, 0.717) is 17.4 Å². The summed E-state index contributed by atoms with van der Waals surface area (Å²) in [5.74, 6) is 0.511. The van der Waals surface area contributed by atoms with Crippen LogP contribution >= 0.6 is 22.9 Å². The predicted molar refractivity (Wildman–Crippen MR) is 120 cm³/mol. The molecule has 3 atom stereocenters. The first-order valence-electron chi connectivity index (χ1n) is 11.1. The van der Waals surface area contributed by atoms with Crippen molar-refractivity contribution in [1.29, 1.82) is 0 Å². The molecule has 1 amide bonds. The van der Waals surface area contributed by atoms with Crippen LogP contribution in [0.25, 0.3) is 0 Å². The molecule has 1 aliphatic heterocycles. The van der Waals surface area contributed by atoms with Crippen molar-refractivity contribution in [3.63, 3.8) is 0 Å². The Kier molecular flexibility index (Phi) is 7.18. The maximum Gasteiger partial charge on any atom is 0.409 e. The summed E-state index contributed by atoms with van der Waals surface area (Å²) in [6.45, 7) is 1.58. The molecule has 2 N–H and O–H groups in total. The number of carbonyl (C=O) groups is 1. The summed E-state index contributed by atoms with van der Waals surface area (Å²) < 4.78 is 35.5. The molecular weight excluding hydrogens is 460 g/mol. The monoisotopic (exact) mass is 490 g/mol. The van der Waals surface area contributed by atoms with E-state index in [-0.39, 0.29) is 46.8 Å². The molecule has 174 valence electrons. The molecule has 1 aromatic heterocycles. The fraction of sp³-hybridized carbons (Fsp3) is 0.762. The van der Waals surface area contributed by atoms with Crippen LogP contribution in [0, 0.1) is 17.3 Å². The lowest BCUT2D eigenvalue weighted by Gasteiger charge is -2.37. The Balaban J connectivity index is 1.46. The number of halogens is 1. The molecule has 7 nitrogen and oxygen atoms in total. The van der Waals surface area contributed by atoms with E-state index in [9.17, 15) is 18.3 Å². The minimum Gasteiger partial charge on any atom is -0.449 e. The lowest BCUT2D eigenvalue weighted by Crippen LogP contribution is -2.50. The highest BCUT2D eigenvalue weighted by molar-refractivity contribution is 7.91. The van der Waals surface area contributed by atoms with Gasteiger partial charge in [-0.2, -0.15) is 0 Å². The SMILES string of the molecule is O=C(OCC12CCCCC(CC1)C2NS(=O)(=O)c1ccc(Cl)s1)N1CCC(CO)CC1. The number of piperidine rings is 1. The number of amides is 1. The molecule has 10 heteroatoms. The minimum atomic E-state index is -3.68. The fourth-order valence-electron chi connectivity index (χ4n) is 5.49. The molecule has 2 heterocycles. The van der Waals surface area contributed by atoms with Gasteiger partial charge in [0.1, 0.15) is 10.8 Å². The van der Waals surface area contributed by atoms with Gasteiger partial charge >= 0.3 is 6.09 Å². The number of nitrogens with one attached hydrogen (secondary N) is 1. The second kappa shape index (κ2) is 9.55. The van der Waals surface area contributed by atoms with Gasteiger partial charge in [0.2, 0.25) is 10.0 Å². The van der Waals surface area contributed by atoms with Gasteiger partial charge in [0, 0.05) is 31.2 Å². The third kappa shape index (κ3) is 5.05. The van der Waals surface area contributed by atoms with Crippen LogP contribution in [0.2, 0.25) is 4.34 Å². The quantitative estimate of drug-likeness (QED) is 0.631. The third-order valence-electron chi connectivity index (χ3n) is 7.35. The van der Waals surface area contributed by atoms with Crippen molar-refractivity contribution in [3.05, 3.63) is 16.5 Å². The number of hydrogen-bond donors (Lipinski definition) is 2. The van der Waals surface area contributed by atoms with Gasteiger partial charge < -0.3 is 14.7 Å². The number of carbonyl (C=O) groups excluding carboxylic acids is 1. The maximum atomic E-state index is 13.0. The molecule has 2 saturated carbocycles. The summed E-state index contributed by atoms with van der Waals surface area (Å²) in [4.78, 5) is 14.4. The van der Waals surface area contributed by atoms with Crippen LogP contribution in [-0.4, -0.2) is 56.9 Å². The topological polar surface area (TPSA) is 95.9 Å². The van der Waals surface area contributed by atoms with Crippen LogP contribution in [0.3, 0.4) is 0 Å². The summed E-state index contributed by atoms with van der Waals surface area (Å²) in [7, 11) is -3.68. The molecule has 1 saturated heterocycles. The van der Waals surface area contributed by atoms with Crippen LogP contribution in [-0.2, 0) is 14.8 Å². The molecule has 31 heavy (non-hydrogen) atoms. The van der Waals surface area contributed by atoms with Gasteiger partial charge in [-0.3, -0.25) is 0 Å². The standard InChI is InChI=1S/C21H31ClN2O5S2/c22-17-4-5-18(30-17)31(27,28)23-19-16-3-1-2-9-21(19,10-6-16)14-29-20(26)24-11-7-15(13-25)8-12-24/h4-5,15-16,19,23,25H,1-3,6-14H2. The zero-order valence-corrected chi connectivity index (χ0v) is 20.0. The van der Waals surface area contributed by atoms with Crippen LogP contribution in [0.15, 0.2) is 16.3 Å². The largest absolute Gasteiger partial charge is 0.449 e. The average Bonchev–Trinajstić information content (AvgIpc) is 3.28. The van der Waals surface area contributed by atoms with Gasteiger partial charge in [0.25, 0.3) is 0 Å². The van der Waals surface area contributed by atoms with Crippen LogP contribution in [0.1, 0.15) is 51.4 Å². The Labute approximate surface area is 193 Å². The van der Waals surface area contributed by atoms with Crippen molar-refractivity contribution < 1.29 is 23.1 Å². The van der Waals surface area contributed by atoms with Crippen molar-refractivity contribution in [1.82, 2.24) is 9.62 Å². The van der Waals surface area contributed by atoms with Gasteiger partial charge in [0.05, 0.1) is 4.34 Å². The van der Waals surface area contributed by atoms with E-state index in [1.807, 2.05) is 0 Å². The Hall–Kier alpha value is -0.870. The third-order valence-corrected chi connectivity index (χ3v) is 10.5. The van der Waals surface area contributed by atoms with E-state index < -0.39 is 10.0 Å². The van der Waals surface area contributed by atoms with Crippen LogP contribution in [0.5, 0.6) is 0 Å². The van der Waals surface area contributed by atoms with Gasteiger partial charge in [-0.1, -0.05) is 24.4 Å². The molecule has 2 aliphatic carbocycles. The number of hydrogen-bond acceptors (Lipinski definition) is 6. The van der Waals surface area contributed by atoms with E-state index in [1.165, 1.54) is 6.07 Å². The molecule has 0 aromatic carbocycles. The fourth-order valence-corrected chi connectivity index (χ4v) is 8.39. The lowest BCUT2D eigenvalue weighted by molar-refractivity contribution is 0.0330. The first kappa shape index (κ1) is 23.3. The van der Waals surface area contributed by atoms with Crippen molar-refractivity contribution in [2.24, 2.45) is 17.3 Å². The zero-order valence-electron chi connectivity index (χ0n) is 17.6. The molecule has 0 radical (unpaired) electrons. The Morgan fingerprint density at radius 3 is 2.68 bits per heavy atom. The first-order chi connectivity index (χ1) is 14.8. The van der Waals surface area contributed by atoms with Crippen molar-refractivity contribution in [3.8, 4) is 0 Å². The van der Waals surface area contributed by atoms with E-state index in [0.717, 1.165) is 62.7 Å². The van der Waals surface area contributed by atoms with Crippen molar-refractivity contribution in [2.45, 2.75) is 61.6 Å². The highest BCUT2D eigenvalue weighted by Gasteiger charge is 2.51. The predicted octanol–water partition coefficient (Wildman–Crippen LogP) is 3.86. The molecular formula is C21H31ClN2O5S2. The number of rotatable bonds is 6. The number of aliphatic hydroxyl groups is 1. The molecule has 0 spiro atoms. The molecule has 3 aliphatic rings. The number of aliphatic hydroxyl groups excluding tert-OH is 1. The Morgan fingerprint density at radius 2 is 2.00 bits per heavy atom. The molecule has 3 fully saturated rings. The second-order valence-corrected chi connectivity index (χ2v) is 12.9. The van der Waals surface area contributed by atoms with E-state index in [1.54, 1.807) is 11.0 Å². The van der Waals surface area contributed by atoms with Gasteiger partial charge in [-0.25, -0.2) is 17.9 Å². The number of fused-ring (bicyclic) bond motifs is 2. The van der Waals surface area contributed by atoms with Gasteiger partial charge in [-0.05, 0) is 62.5 Å². The van der Waals surface area contributed by atoms with Crippen molar-refractivity contribution in [2.75, 3.05) is 26.3 Å². The Bertz CT molecular complexity index is 884. The summed E-state index contributed by atoms with van der Waals surface area (Å²) in [6.07, 6.45) is 6.95. The lowest BCUT2D eigenvalue weighted by atomic mass is 9.79. The molecule has 2 bridgehead atoms. The average molecular weight is 491 g/mol. The molecule has 4 rings (SSSR count). The van der Waals surface area contributed by atoms with Gasteiger partial charge in [-0.15, -0.1) is 11.3 Å². The van der Waals surface area contributed by atoms with E-state index in [2.05, 4.69) is 4.72 Å². The zero-order chi connectivity index (χ0) is 22.1.